The van der Waals surface area contributed by atoms with Crippen LogP contribution in [0.2, 0.25) is 5.02 Å². The molecule has 4 rings (SSSR count). The maximum Gasteiger partial charge on any atom is 0.291 e. The number of nitrogens with one attached hydrogen (secondary N) is 1. The lowest BCUT2D eigenvalue weighted by atomic mass is 10.2. The zero-order chi connectivity index (χ0) is 17.4. The van der Waals surface area contributed by atoms with Gasteiger partial charge in [0.15, 0.2) is 10.4 Å². The number of furan rings is 1. The molecule has 0 unspecified atom stereocenters. The number of amides is 1. The van der Waals surface area contributed by atoms with Crippen LogP contribution in [0, 0.1) is 0 Å². The minimum atomic E-state index is -0.286. The number of carbonyl (C=O) groups is 1. The first-order valence-corrected chi connectivity index (χ1v) is 9.63. The fourth-order valence-electron chi connectivity index (χ4n) is 3.31. The summed E-state index contributed by atoms with van der Waals surface area (Å²) in [6.07, 6.45) is 2.65. The smallest absolute Gasteiger partial charge is 0.291 e. The molecule has 2 aromatic rings. The largest absolute Gasteiger partial charge is 0.444 e. The van der Waals surface area contributed by atoms with E-state index in [9.17, 15) is 4.79 Å². The average molecular weight is 425 g/mol. The highest BCUT2D eigenvalue weighted by atomic mass is 79.9. The van der Waals surface area contributed by atoms with Crippen LogP contribution < -0.4 is 10.2 Å². The molecule has 2 heterocycles. The molecule has 132 valence electrons. The Bertz CT molecular complexity index is 782. The van der Waals surface area contributed by atoms with Crippen LogP contribution in [0.15, 0.2) is 39.4 Å². The van der Waals surface area contributed by atoms with Gasteiger partial charge in [0.1, 0.15) is 0 Å². The molecular formula is C18H19BrClN3O2. The third kappa shape index (κ3) is 3.71. The van der Waals surface area contributed by atoms with Gasteiger partial charge >= 0.3 is 0 Å². The molecular weight excluding hydrogens is 406 g/mol. The van der Waals surface area contributed by atoms with Gasteiger partial charge < -0.3 is 14.6 Å². The summed E-state index contributed by atoms with van der Waals surface area (Å²) in [6, 6.07) is 9.71. The third-order valence-corrected chi connectivity index (χ3v) is 5.46. The third-order valence-electron chi connectivity index (χ3n) is 4.73. The summed E-state index contributed by atoms with van der Waals surface area (Å²) in [4.78, 5) is 17.2. The summed E-state index contributed by atoms with van der Waals surface area (Å²) in [7, 11) is 0. The predicted octanol–water partition coefficient (Wildman–Crippen LogP) is 4.23. The fourth-order valence-corrected chi connectivity index (χ4v) is 3.91. The molecule has 25 heavy (non-hydrogen) atoms. The molecule has 5 nitrogen and oxygen atoms in total. The van der Waals surface area contributed by atoms with Crippen LogP contribution in [0.25, 0.3) is 0 Å². The van der Waals surface area contributed by atoms with Gasteiger partial charge in [-0.15, -0.1) is 0 Å². The van der Waals surface area contributed by atoms with Crippen LogP contribution in [0.1, 0.15) is 23.4 Å². The quantitative estimate of drug-likeness (QED) is 0.798. The van der Waals surface area contributed by atoms with Crippen molar-refractivity contribution >= 4 is 44.8 Å². The number of piperazine rings is 1. The van der Waals surface area contributed by atoms with E-state index in [0.29, 0.717) is 15.4 Å². The fraction of sp³-hybridized carbons (Fsp3) is 0.389. The molecule has 1 N–H and O–H groups in total. The molecule has 1 saturated heterocycles. The number of hydrogen-bond acceptors (Lipinski definition) is 4. The van der Waals surface area contributed by atoms with E-state index in [1.54, 1.807) is 12.1 Å². The Balaban J connectivity index is 1.52. The molecule has 1 aromatic heterocycles. The van der Waals surface area contributed by atoms with Gasteiger partial charge in [0.05, 0.1) is 16.4 Å². The second-order valence-electron chi connectivity index (χ2n) is 6.45. The maximum atomic E-state index is 12.4. The topological polar surface area (TPSA) is 48.7 Å². The Morgan fingerprint density at radius 3 is 2.56 bits per heavy atom. The lowest BCUT2D eigenvalue weighted by Gasteiger charge is -2.37. The first-order valence-electron chi connectivity index (χ1n) is 8.46. The number of halogens is 2. The van der Waals surface area contributed by atoms with Crippen molar-refractivity contribution in [3.8, 4) is 0 Å². The summed E-state index contributed by atoms with van der Waals surface area (Å²) in [5.74, 6) is -0.0258. The van der Waals surface area contributed by atoms with E-state index in [-0.39, 0.29) is 11.7 Å². The minimum absolute atomic E-state index is 0.261. The van der Waals surface area contributed by atoms with Crippen molar-refractivity contribution in [3.63, 3.8) is 0 Å². The van der Waals surface area contributed by atoms with Gasteiger partial charge in [-0.25, -0.2) is 0 Å². The van der Waals surface area contributed by atoms with Crippen LogP contribution in [-0.4, -0.2) is 43.0 Å². The average Bonchev–Trinajstić information content (AvgIpc) is 3.36. The van der Waals surface area contributed by atoms with Crippen LogP contribution in [0.4, 0.5) is 11.4 Å². The monoisotopic (exact) mass is 423 g/mol. The number of nitrogens with zero attached hydrogens (tertiary/aromatic N) is 2. The second-order valence-corrected chi connectivity index (χ2v) is 7.64. The van der Waals surface area contributed by atoms with Gasteiger partial charge in [0.2, 0.25) is 0 Å². The molecule has 0 spiro atoms. The number of benzene rings is 1. The summed E-state index contributed by atoms with van der Waals surface area (Å²) in [5, 5.41) is 3.58. The molecule has 1 aliphatic carbocycles. The van der Waals surface area contributed by atoms with E-state index < -0.39 is 0 Å². The van der Waals surface area contributed by atoms with E-state index in [1.165, 1.54) is 12.8 Å². The van der Waals surface area contributed by atoms with E-state index >= 15 is 0 Å². The van der Waals surface area contributed by atoms with Crippen LogP contribution in [0.3, 0.4) is 0 Å². The molecule has 2 aliphatic rings. The number of hydrogen-bond donors (Lipinski definition) is 1. The Hall–Kier alpha value is -1.50. The second kappa shape index (κ2) is 7.02. The van der Waals surface area contributed by atoms with E-state index in [0.717, 1.165) is 37.9 Å². The van der Waals surface area contributed by atoms with E-state index in [2.05, 4.69) is 31.0 Å². The molecule has 1 amide bonds. The van der Waals surface area contributed by atoms with Crippen molar-refractivity contribution < 1.29 is 9.21 Å². The maximum absolute atomic E-state index is 12.4. The SMILES string of the molecule is O=C(Nc1cccc(Cl)c1N1CCN(C2CC2)CC1)c1ccc(Br)o1. The molecule has 2 fully saturated rings. The zero-order valence-electron chi connectivity index (χ0n) is 13.7. The molecule has 0 radical (unpaired) electrons. The zero-order valence-corrected chi connectivity index (χ0v) is 16.0. The highest BCUT2D eigenvalue weighted by Gasteiger charge is 2.32. The Morgan fingerprint density at radius 1 is 1.16 bits per heavy atom. The highest BCUT2D eigenvalue weighted by molar-refractivity contribution is 9.10. The van der Waals surface area contributed by atoms with Crippen LogP contribution in [0.5, 0.6) is 0 Å². The van der Waals surface area contributed by atoms with Crippen molar-refractivity contribution in [1.82, 2.24) is 4.90 Å². The van der Waals surface area contributed by atoms with Gasteiger partial charge in [-0.05, 0) is 53.0 Å². The van der Waals surface area contributed by atoms with Gasteiger partial charge in [-0.2, -0.15) is 0 Å². The van der Waals surface area contributed by atoms with Crippen molar-refractivity contribution in [2.75, 3.05) is 36.4 Å². The lowest BCUT2D eigenvalue weighted by molar-refractivity contribution is 0.0995. The molecule has 0 atom stereocenters. The summed E-state index contributed by atoms with van der Waals surface area (Å²) < 4.78 is 5.86. The lowest BCUT2D eigenvalue weighted by Crippen LogP contribution is -2.47. The predicted molar refractivity (Wildman–Crippen MR) is 103 cm³/mol. The first kappa shape index (κ1) is 16.9. The number of carbonyl (C=O) groups excluding carboxylic acids is 1. The van der Waals surface area contributed by atoms with Crippen LogP contribution >= 0.6 is 27.5 Å². The molecule has 1 saturated carbocycles. The standard InChI is InChI=1S/C18H19BrClN3O2/c19-16-7-6-15(25-16)18(24)21-14-3-1-2-13(20)17(14)23-10-8-22(9-11-23)12-4-5-12/h1-3,6-7,12H,4-5,8-11H2,(H,21,24). The minimum Gasteiger partial charge on any atom is -0.444 e. The molecule has 1 aliphatic heterocycles. The van der Waals surface area contributed by atoms with Gasteiger partial charge in [0.25, 0.3) is 5.91 Å². The van der Waals surface area contributed by atoms with E-state index in [1.807, 2.05) is 18.2 Å². The molecule has 7 heteroatoms. The first-order chi connectivity index (χ1) is 12.1. The van der Waals surface area contributed by atoms with Crippen molar-refractivity contribution in [2.24, 2.45) is 0 Å². The van der Waals surface area contributed by atoms with Crippen molar-refractivity contribution in [1.29, 1.82) is 0 Å². The summed E-state index contributed by atoms with van der Waals surface area (Å²) in [5.41, 5.74) is 1.60. The van der Waals surface area contributed by atoms with Gasteiger partial charge in [0, 0.05) is 32.2 Å². The highest BCUT2D eigenvalue weighted by Crippen LogP contribution is 2.36. The van der Waals surface area contributed by atoms with Crippen molar-refractivity contribution in [3.05, 3.63) is 45.8 Å². The summed E-state index contributed by atoms with van der Waals surface area (Å²) >= 11 is 9.69. The number of para-hydroxylation sites is 1. The molecule has 0 bridgehead atoms. The Labute approximate surface area is 160 Å². The normalized spacial score (nSPS) is 18.4. The van der Waals surface area contributed by atoms with E-state index in [4.69, 9.17) is 16.0 Å². The Morgan fingerprint density at radius 2 is 1.92 bits per heavy atom. The molecule has 1 aromatic carbocycles. The van der Waals surface area contributed by atoms with Crippen molar-refractivity contribution in [2.45, 2.75) is 18.9 Å². The van der Waals surface area contributed by atoms with Gasteiger partial charge in [-0.1, -0.05) is 17.7 Å². The number of rotatable bonds is 4. The Kier molecular flexibility index (Phi) is 4.75. The van der Waals surface area contributed by atoms with Gasteiger partial charge in [-0.3, -0.25) is 9.69 Å². The van der Waals surface area contributed by atoms with Crippen LogP contribution in [-0.2, 0) is 0 Å². The summed E-state index contributed by atoms with van der Waals surface area (Å²) in [6.45, 7) is 3.90. The number of anilines is 2.